The van der Waals surface area contributed by atoms with Gasteiger partial charge in [0.1, 0.15) is 5.25 Å². The Labute approximate surface area is 188 Å². The fourth-order valence-electron chi connectivity index (χ4n) is 3.48. The smallest absolute Gasteiger partial charge is 0.243 e. The van der Waals surface area contributed by atoms with Crippen molar-refractivity contribution < 1.29 is 19.2 Å². The standard InChI is InChI=1S/C19H32N2O4S4/c1-19(2,3)12-13-10-15(22)20(17(13)24)6-8-26-27-9-7-21-16(23)11-14(18(21)25)28-29(4)5/h13-14,29H,6-12H2,1-5H3. The lowest BCUT2D eigenvalue weighted by Gasteiger charge is -2.21. The third-order valence-corrected chi connectivity index (χ3v) is 10.1. The molecule has 0 aromatic rings. The highest BCUT2D eigenvalue weighted by molar-refractivity contribution is 8.85. The molecule has 2 atom stereocenters. The summed E-state index contributed by atoms with van der Waals surface area (Å²) in [7, 11) is 4.49. The Kier molecular flexibility index (Phi) is 9.30. The van der Waals surface area contributed by atoms with Gasteiger partial charge < -0.3 is 0 Å². The third kappa shape index (κ3) is 7.40. The van der Waals surface area contributed by atoms with Crippen LogP contribution in [0.1, 0.15) is 40.0 Å². The zero-order chi connectivity index (χ0) is 21.8. The maximum absolute atomic E-state index is 12.5. The van der Waals surface area contributed by atoms with E-state index in [0.29, 0.717) is 37.4 Å². The summed E-state index contributed by atoms with van der Waals surface area (Å²) in [6.45, 7) is 7.10. The highest BCUT2D eigenvalue weighted by Gasteiger charge is 2.40. The number of hydrogen-bond donors (Lipinski definition) is 1. The van der Waals surface area contributed by atoms with Crippen LogP contribution in [0, 0.1) is 11.3 Å². The highest BCUT2D eigenvalue weighted by atomic mass is 33.1. The van der Waals surface area contributed by atoms with Gasteiger partial charge in [0.15, 0.2) is 0 Å². The van der Waals surface area contributed by atoms with Gasteiger partial charge in [-0.2, -0.15) is 0 Å². The second-order valence-electron chi connectivity index (χ2n) is 8.69. The van der Waals surface area contributed by atoms with E-state index in [1.165, 1.54) is 9.80 Å². The number of imide groups is 2. The van der Waals surface area contributed by atoms with Crippen LogP contribution in [0.4, 0.5) is 0 Å². The average Bonchev–Trinajstić information content (AvgIpc) is 2.99. The van der Waals surface area contributed by atoms with Crippen LogP contribution in [-0.4, -0.2) is 75.8 Å². The zero-order valence-corrected chi connectivity index (χ0v) is 21.1. The van der Waals surface area contributed by atoms with Gasteiger partial charge in [0.2, 0.25) is 23.6 Å². The van der Waals surface area contributed by atoms with E-state index >= 15 is 0 Å². The van der Waals surface area contributed by atoms with Crippen molar-refractivity contribution >= 4 is 65.9 Å². The van der Waals surface area contributed by atoms with Crippen molar-refractivity contribution in [2.24, 2.45) is 11.3 Å². The first kappa shape index (κ1) is 24.9. The van der Waals surface area contributed by atoms with Crippen molar-refractivity contribution in [1.82, 2.24) is 9.80 Å². The first-order valence-electron chi connectivity index (χ1n) is 9.76. The molecule has 2 unspecified atom stereocenters. The maximum atomic E-state index is 12.5. The largest absolute Gasteiger partial charge is 0.281 e. The van der Waals surface area contributed by atoms with E-state index in [-0.39, 0.29) is 50.1 Å². The lowest BCUT2D eigenvalue weighted by Crippen LogP contribution is -2.33. The molecule has 2 fully saturated rings. The molecular formula is C19H32N2O4S4. The summed E-state index contributed by atoms with van der Waals surface area (Å²) in [5.74, 6) is 0.873. The predicted molar refractivity (Wildman–Crippen MR) is 127 cm³/mol. The number of carbonyl (C=O) groups excluding carboxylic acids is 4. The van der Waals surface area contributed by atoms with E-state index < -0.39 is 0 Å². The first-order chi connectivity index (χ1) is 13.5. The van der Waals surface area contributed by atoms with E-state index in [0.717, 1.165) is 6.42 Å². The number of carbonyl (C=O) groups is 4. The minimum absolute atomic E-state index is 0.0271. The summed E-state index contributed by atoms with van der Waals surface area (Å²) >= 11 is 0. The Hall–Kier alpha value is -0.320. The topological polar surface area (TPSA) is 74.8 Å². The molecule has 0 bridgehead atoms. The van der Waals surface area contributed by atoms with Crippen LogP contribution in [0.25, 0.3) is 0 Å². The van der Waals surface area contributed by atoms with Gasteiger partial charge in [-0.25, -0.2) is 9.93 Å². The molecule has 2 aliphatic rings. The molecule has 0 aromatic heterocycles. The van der Waals surface area contributed by atoms with Crippen LogP contribution in [0.3, 0.4) is 0 Å². The van der Waals surface area contributed by atoms with Gasteiger partial charge >= 0.3 is 0 Å². The van der Waals surface area contributed by atoms with Gasteiger partial charge in [0, 0.05) is 43.4 Å². The van der Waals surface area contributed by atoms with Crippen LogP contribution in [0.5, 0.6) is 0 Å². The lowest BCUT2D eigenvalue weighted by molar-refractivity contribution is -0.140. The van der Waals surface area contributed by atoms with Crippen molar-refractivity contribution in [3.63, 3.8) is 0 Å². The second-order valence-corrected chi connectivity index (χ2v) is 16.6. The average molecular weight is 481 g/mol. The number of likely N-dealkylation sites (tertiary alicyclic amines) is 2. The SMILES string of the molecule is C[SH](C)SC1CC(=O)N(CCSSCCN2C(=O)CC(CC(C)(C)C)C2=O)C1=O. The monoisotopic (exact) mass is 480 g/mol. The molecule has 166 valence electrons. The molecule has 0 radical (unpaired) electrons. The molecule has 6 nitrogen and oxygen atoms in total. The Balaban J connectivity index is 1.66. The predicted octanol–water partition coefficient (Wildman–Crippen LogP) is 3.22. The summed E-state index contributed by atoms with van der Waals surface area (Å²) < 4.78 is 0. The van der Waals surface area contributed by atoms with Crippen molar-refractivity contribution in [2.45, 2.75) is 45.3 Å². The zero-order valence-electron chi connectivity index (χ0n) is 17.8. The van der Waals surface area contributed by atoms with Crippen LogP contribution in [0.15, 0.2) is 0 Å². The molecule has 2 aliphatic heterocycles. The van der Waals surface area contributed by atoms with E-state index in [4.69, 9.17) is 0 Å². The molecule has 2 heterocycles. The van der Waals surface area contributed by atoms with E-state index in [2.05, 4.69) is 33.3 Å². The highest BCUT2D eigenvalue weighted by Crippen LogP contribution is 2.41. The molecule has 0 aliphatic carbocycles. The number of rotatable bonds is 10. The minimum atomic E-state index is -0.273. The maximum Gasteiger partial charge on any atom is 0.243 e. The number of hydrogen-bond acceptors (Lipinski definition) is 7. The van der Waals surface area contributed by atoms with Gasteiger partial charge in [0.25, 0.3) is 0 Å². The Morgan fingerprint density at radius 2 is 1.41 bits per heavy atom. The molecule has 10 heteroatoms. The fourth-order valence-corrected chi connectivity index (χ4v) is 8.35. The normalized spacial score (nSPS) is 23.6. The Morgan fingerprint density at radius 1 is 0.897 bits per heavy atom. The van der Waals surface area contributed by atoms with Crippen LogP contribution >= 0.6 is 42.3 Å². The fraction of sp³-hybridized carbons (Fsp3) is 0.789. The van der Waals surface area contributed by atoms with Gasteiger partial charge in [-0.15, -0.1) is 10.8 Å². The molecule has 0 saturated carbocycles. The van der Waals surface area contributed by atoms with Crippen molar-refractivity contribution in [2.75, 3.05) is 37.1 Å². The Morgan fingerprint density at radius 3 is 1.93 bits per heavy atom. The van der Waals surface area contributed by atoms with Crippen molar-refractivity contribution in [3.8, 4) is 0 Å². The van der Waals surface area contributed by atoms with Crippen LogP contribution in [-0.2, 0) is 19.2 Å². The van der Waals surface area contributed by atoms with E-state index in [1.54, 1.807) is 32.4 Å². The van der Waals surface area contributed by atoms with Crippen molar-refractivity contribution in [1.29, 1.82) is 0 Å². The van der Waals surface area contributed by atoms with Gasteiger partial charge in [0.05, 0.1) is 0 Å². The third-order valence-electron chi connectivity index (χ3n) is 4.62. The van der Waals surface area contributed by atoms with Crippen molar-refractivity contribution in [3.05, 3.63) is 0 Å². The lowest BCUT2D eigenvalue weighted by atomic mass is 9.84. The van der Waals surface area contributed by atoms with E-state index in [9.17, 15) is 19.2 Å². The first-order valence-corrected chi connectivity index (χ1v) is 16.0. The summed E-state index contributed by atoms with van der Waals surface area (Å²) in [5.41, 5.74) is 0.0271. The Bertz CT molecular complexity index is 651. The minimum Gasteiger partial charge on any atom is -0.281 e. The molecule has 2 rings (SSSR count). The number of amides is 4. The molecule has 2 saturated heterocycles. The molecule has 0 spiro atoms. The molecular weight excluding hydrogens is 448 g/mol. The van der Waals surface area contributed by atoms with Crippen LogP contribution < -0.4 is 0 Å². The summed E-state index contributed by atoms with van der Waals surface area (Å²) in [5, 5.41) is -0.213. The molecule has 4 amide bonds. The summed E-state index contributed by atoms with van der Waals surface area (Å²) in [6, 6.07) is 0. The second kappa shape index (κ2) is 10.8. The molecule has 0 aromatic carbocycles. The number of nitrogens with zero attached hydrogens (tertiary/aromatic N) is 2. The van der Waals surface area contributed by atoms with E-state index in [1.807, 2.05) is 0 Å². The quantitative estimate of drug-likeness (QED) is 0.223. The molecule has 29 heavy (non-hydrogen) atoms. The van der Waals surface area contributed by atoms with Crippen LogP contribution in [0.2, 0.25) is 0 Å². The van der Waals surface area contributed by atoms with Gasteiger partial charge in [-0.05, 0) is 24.3 Å². The molecule has 0 N–H and O–H groups in total. The van der Waals surface area contributed by atoms with Gasteiger partial charge in [-0.3, -0.25) is 29.0 Å². The summed E-state index contributed by atoms with van der Waals surface area (Å²) in [4.78, 5) is 51.8. The van der Waals surface area contributed by atoms with Gasteiger partial charge in [-0.1, -0.05) is 42.4 Å². The number of thiol groups is 1. The summed E-state index contributed by atoms with van der Waals surface area (Å²) in [6.07, 6.45) is 5.55.